The zero-order valence-corrected chi connectivity index (χ0v) is 9.89. The molecule has 1 aliphatic carbocycles. The van der Waals surface area contributed by atoms with Gasteiger partial charge in [-0.2, -0.15) is 0 Å². The molecule has 2 aromatic rings. The van der Waals surface area contributed by atoms with Crippen LogP contribution in [0.4, 0.5) is 0 Å². The summed E-state index contributed by atoms with van der Waals surface area (Å²) in [6, 6.07) is 17.2. The van der Waals surface area contributed by atoms with Crippen LogP contribution in [0.25, 0.3) is 0 Å². The summed E-state index contributed by atoms with van der Waals surface area (Å²) in [4.78, 5) is 12.1. The highest BCUT2D eigenvalue weighted by molar-refractivity contribution is 6.17. The number of hydrogen-bond acceptors (Lipinski definition) is 2. The van der Waals surface area contributed by atoms with E-state index in [9.17, 15) is 4.79 Å². The highest BCUT2D eigenvalue weighted by Crippen LogP contribution is 2.32. The van der Waals surface area contributed by atoms with Crippen molar-refractivity contribution in [2.75, 3.05) is 0 Å². The molecule has 3 rings (SSSR count). The first-order valence-electron chi connectivity index (χ1n) is 6.03. The van der Waals surface area contributed by atoms with Crippen LogP contribution in [0, 0.1) is 5.41 Å². The highest BCUT2D eigenvalue weighted by Gasteiger charge is 2.30. The van der Waals surface area contributed by atoms with E-state index in [-0.39, 0.29) is 11.7 Å². The Hall–Kier alpha value is -2.22. The van der Waals surface area contributed by atoms with Gasteiger partial charge in [0.2, 0.25) is 0 Å². The van der Waals surface area contributed by atoms with E-state index in [1.807, 2.05) is 54.6 Å². The maximum absolute atomic E-state index is 12.1. The Morgan fingerprint density at radius 1 is 0.889 bits per heavy atom. The molecular formula is C16H13NO. The van der Waals surface area contributed by atoms with Crippen molar-refractivity contribution < 1.29 is 4.79 Å². The summed E-state index contributed by atoms with van der Waals surface area (Å²) >= 11 is 0. The van der Waals surface area contributed by atoms with Gasteiger partial charge in [-0.05, 0) is 5.56 Å². The molecule has 0 radical (unpaired) electrons. The maximum Gasteiger partial charge on any atom is 0.164 e. The highest BCUT2D eigenvalue weighted by atomic mass is 16.1. The monoisotopic (exact) mass is 235 g/mol. The first-order chi connectivity index (χ1) is 8.77. The molecule has 1 aliphatic rings. The Morgan fingerprint density at radius 3 is 2.22 bits per heavy atom. The lowest BCUT2D eigenvalue weighted by molar-refractivity contribution is 0.0976. The van der Waals surface area contributed by atoms with Gasteiger partial charge in [-0.1, -0.05) is 54.6 Å². The van der Waals surface area contributed by atoms with Crippen LogP contribution in [0.3, 0.4) is 0 Å². The third kappa shape index (κ3) is 1.66. The summed E-state index contributed by atoms with van der Waals surface area (Å²) in [7, 11) is 0. The summed E-state index contributed by atoms with van der Waals surface area (Å²) in [6.45, 7) is 0. The lowest BCUT2D eigenvalue weighted by Gasteiger charge is -2.25. The van der Waals surface area contributed by atoms with Crippen LogP contribution in [0.15, 0.2) is 54.6 Å². The maximum atomic E-state index is 12.1. The number of carbonyl (C=O) groups excluding carboxylic acids is 1. The third-order valence-electron chi connectivity index (χ3n) is 3.46. The molecule has 0 spiro atoms. The molecule has 0 saturated carbocycles. The lowest BCUT2D eigenvalue weighted by Crippen LogP contribution is -2.25. The Morgan fingerprint density at radius 2 is 1.50 bits per heavy atom. The van der Waals surface area contributed by atoms with Crippen LogP contribution in [-0.2, 0) is 0 Å². The standard InChI is InChI=1S/C16H13NO/c17-16-13-9-5-4-8-12(13)15(18)10-14(16)11-6-2-1-3-7-11/h1-9,14,17H,10H2/t14-/m1/s1. The van der Waals surface area contributed by atoms with Crippen molar-refractivity contribution in [3.63, 3.8) is 0 Å². The molecule has 18 heavy (non-hydrogen) atoms. The second-order valence-electron chi connectivity index (χ2n) is 4.55. The summed E-state index contributed by atoms with van der Waals surface area (Å²) in [6.07, 6.45) is 0.403. The first kappa shape index (κ1) is 10.9. The van der Waals surface area contributed by atoms with E-state index in [0.717, 1.165) is 11.1 Å². The van der Waals surface area contributed by atoms with Crippen LogP contribution >= 0.6 is 0 Å². The summed E-state index contributed by atoms with van der Waals surface area (Å²) in [5.74, 6) is 0.0315. The lowest BCUT2D eigenvalue weighted by atomic mass is 9.78. The number of carbonyl (C=O) groups is 1. The van der Waals surface area contributed by atoms with Gasteiger partial charge in [0.25, 0.3) is 0 Å². The van der Waals surface area contributed by atoms with Crippen LogP contribution in [0.1, 0.15) is 33.8 Å². The molecule has 0 aromatic heterocycles. The van der Waals surface area contributed by atoms with Gasteiger partial charge in [-0.3, -0.25) is 4.79 Å². The second-order valence-corrected chi connectivity index (χ2v) is 4.55. The molecule has 0 fully saturated rings. The molecule has 2 nitrogen and oxygen atoms in total. The summed E-state index contributed by atoms with van der Waals surface area (Å²) in [5.41, 5.74) is 3.07. The Kier molecular flexibility index (Phi) is 2.56. The number of hydrogen-bond donors (Lipinski definition) is 1. The molecule has 88 valence electrons. The molecule has 0 amide bonds. The van der Waals surface area contributed by atoms with Gasteiger partial charge in [-0.15, -0.1) is 0 Å². The average Bonchev–Trinajstić information content (AvgIpc) is 2.44. The SMILES string of the molecule is N=C1c2ccccc2C(=O)C[C@@H]1c1ccccc1. The summed E-state index contributed by atoms with van der Waals surface area (Å²) < 4.78 is 0. The normalized spacial score (nSPS) is 18.6. The molecule has 1 N–H and O–H groups in total. The zero-order valence-electron chi connectivity index (χ0n) is 9.89. The largest absolute Gasteiger partial charge is 0.304 e. The smallest absolute Gasteiger partial charge is 0.164 e. The molecule has 1 atom stereocenters. The predicted molar refractivity (Wildman–Crippen MR) is 71.4 cm³/mol. The number of nitrogens with one attached hydrogen (secondary N) is 1. The van der Waals surface area contributed by atoms with Crippen LogP contribution in [0.2, 0.25) is 0 Å². The topological polar surface area (TPSA) is 40.9 Å². The Bertz CT molecular complexity index is 616. The van der Waals surface area contributed by atoms with Crippen LogP contribution in [0.5, 0.6) is 0 Å². The van der Waals surface area contributed by atoms with Crippen molar-refractivity contribution in [3.05, 3.63) is 71.3 Å². The van der Waals surface area contributed by atoms with E-state index < -0.39 is 0 Å². The van der Waals surface area contributed by atoms with Crippen molar-refractivity contribution >= 4 is 11.5 Å². The van der Waals surface area contributed by atoms with Crippen molar-refractivity contribution in [2.24, 2.45) is 0 Å². The number of ketones is 1. The minimum atomic E-state index is -0.103. The van der Waals surface area contributed by atoms with Gasteiger partial charge in [0.05, 0.1) is 0 Å². The number of benzene rings is 2. The van der Waals surface area contributed by atoms with Crippen LogP contribution < -0.4 is 0 Å². The van der Waals surface area contributed by atoms with Crippen LogP contribution in [-0.4, -0.2) is 11.5 Å². The van der Waals surface area contributed by atoms with Crippen molar-refractivity contribution in [1.29, 1.82) is 5.41 Å². The van der Waals surface area contributed by atoms with Gasteiger partial charge >= 0.3 is 0 Å². The zero-order chi connectivity index (χ0) is 12.5. The number of fused-ring (bicyclic) bond motifs is 1. The van der Waals surface area contributed by atoms with E-state index in [4.69, 9.17) is 5.41 Å². The molecule has 0 bridgehead atoms. The van der Waals surface area contributed by atoms with Crippen molar-refractivity contribution in [1.82, 2.24) is 0 Å². The minimum Gasteiger partial charge on any atom is -0.304 e. The van der Waals surface area contributed by atoms with E-state index in [1.165, 1.54) is 0 Å². The number of Topliss-reactive ketones (excluding diaryl/α,β-unsaturated/α-hetero) is 1. The van der Waals surface area contributed by atoms with E-state index in [2.05, 4.69) is 0 Å². The van der Waals surface area contributed by atoms with E-state index in [1.54, 1.807) is 0 Å². The van der Waals surface area contributed by atoms with Gasteiger partial charge in [0.1, 0.15) is 0 Å². The van der Waals surface area contributed by atoms with Crippen molar-refractivity contribution in [2.45, 2.75) is 12.3 Å². The second kappa shape index (κ2) is 4.22. The average molecular weight is 235 g/mol. The quantitative estimate of drug-likeness (QED) is 0.808. The van der Waals surface area contributed by atoms with Gasteiger partial charge in [0.15, 0.2) is 5.78 Å². The molecule has 2 aromatic carbocycles. The molecule has 2 heteroatoms. The molecule has 0 heterocycles. The third-order valence-corrected chi connectivity index (χ3v) is 3.46. The fourth-order valence-electron chi connectivity index (χ4n) is 2.52. The first-order valence-corrected chi connectivity index (χ1v) is 6.03. The molecule has 0 saturated heterocycles. The molecule has 0 aliphatic heterocycles. The Balaban J connectivity index is 2.08. The Labute approximate surface area is 106 Å². The molecular weight excluding hydrogens is 222 g/mol. The number of rotatable bonds is 1. The van der Waals surface area contributed by atoms with E-state index >= 15 is 0 Å². The van der Waals surface area contributed by atoms with Gasteiger partial charge in [0, 0.05) is 29.2 Å². The minimum absolute atomic E-state index is 0.103. The molecule has 0 unspecified atom stereocenters. The summed E-state index contributed by atoms with van der Waals surface area (Å²) in [5, 5.41) is 8.30. The van der Waals surface area contributed by atoms with Gasteiger partial charge < -0.3 is 5.41 Å². The fraction of sp³-hybridized carbons (Fsp3) is 0.125. The van der Waals surface area contributed by atoms with E-state index in [0.29, 0.717) is 17.7 Å². The fourth-order valence-corrected chi connectivity index (χ4v) is 2.52. The van der Waals surface area contributed by atoms with Crippen molar-refractivity contribution in [3.8, 4) is 0 Å². The predicted octanol–water partition coefficient (Wildman–Crippen LogP) is 3.42. The van der Waals surface area contributed by atoms with Gasteiger partial charge in [-0.25, -0.2) is 0 Å².